The highest BCUT2D eigenvalue weighted by Gasteiger charge is 2.32. The van der Waals surface area contributed by atoms with Crippen molar-refractivity contribution in [1.29, 1.82) is 0 Å². The largest absolute Gasteiger partial charge is 0.470 e. The first-order valence-electron chi connectivity index (χ1n) is 8.70. The average molecular weight is 380 g/mol. The Kier molecular flexibility index (Phi) is 5.74. The maximum Gasteiger partial charge on any atom is 0.347 e. The molecule has 144 valence electrons. The first kappa shape index (κ1) is 19.2. The zero-order valence-electron chi connectivity index (χ0n) is 15.6. The summed E-state index contributed by atoms with van der Waals surface area (Å²) < 4.78 is 10.2. The molecule has 0 spiro atoms. The maximum atomic E-state index is 12.3. The molecule has 7 heteroatoms. The number of nitrogens with one attached hydrogen (secondary N) is 2. The summed E-state index contributed by atoms with van der Waals surface area (Å²) in [5.74, 6) is -1.88. The second kappa shape index (κ2) is 8.39. The third-order valence-corrected chi connectivity index (χ3v) is 4.21. The first-order chi connectivity index (χ1) is 13.4. The molecule has 0 fully saturated rings. The summed E-state index contributed by atoms with van der Waals surface area (Å²) in [7, 11) is 0. The fraction of sp³-hybridized carbons (Fsp3) is 0.190. The van der Waals surface area contributed by atoms with Crippen molar-refractivity contribution in [2.24, 2.45) is 0 Å². The van der Waals surface area contributed by atoms with Gasteiger partial charge in [-0.2, -0.15) is 0 Å². The van der Waals surface area contributed by atoms with E-state index in [0.29, 0.717) is 11.4 Å². The van der Waals surface area contributed by atoms with Gasteiger partial charge in [0.1, 0.15) is 0 Å². The molecule has 2 aromatic carbocycles. The van der Waals surface area contributed by atoms with Crippen molar-refractivity contribution in [2.75, 3.05) is 23.8 Å². The van der Waals surface area contributed by atoms with Crippen LogP contribution in [0, 0.1) is 13.8 Å². The van der Waals surface area contributed by atoms with Gasteiger partial charge in [-0.1, -0.05) is 24.3 Å². The second-order valence-corrected chi connectivity index (χ2v) is 6.33. The fourth-order valence-electron chi connectivity index (χ4n) is 2.59. The molecule has 1 aliphatic heterocycles. The molecule has 0 unspecified atom stereocenters. The molecule has 0 atom stereocenters. The number of Topliss-reactive ketones (excluding diaryl/α,β-unsaturated/α-hetero) is 1. The van der Waals surface area contributed by atoms with E-state index in [1.807, 2.05) is 32.0 Å². The minimum atomic E-state index is -0.906. The van der Waals surface area contributed by atoms with Gasteiger partial charge in [-0.25, -0.2) is 4.79 Å². The number of para-hydroxylation sites is 1. The Morgan fingerprint density at radius 2 is 1.79 bits per heavy atom. The topological polar surface area (TPSA) is 93.7 Å². The van der Waals surface area contributed by atoms with Crippen LogP contribution in [0.1, 0.15) is 11.1 Å². The van der Waals surface area contributed by atoms with Gasteiger partial charge in [0.05, 0.1) is 0 Å². The van der Waals surface area contributed by atoms with Gasteiger partial charge >= 0.3 is 5.97 Å². The average Bonchev–Trinajstić information content (AvgIpc) is 3.04. The van der Waals surface area contributed by atoms with Crippen LogP contribution in [-0.4, -0.2) is 30.9 Å². The van der Waals surface area contributed by atoms with Crippen LogP contribution in [0.5, 0.6) is 0 Å². The highest BCUT2D eigenvalue weighted by molar-refractivity contribution is 6.20. The number of esters is 1. The van der Waals surface area contributed by atoms with Crippen LogP contribution in [0.3, 0.4) is 0 Å². The normalized spacial score (nSPS) is 13.1. The van der Waals surface area contributed by atoms with E-state index in [9.17, 15) is 14.4 Å². The molecule has 0 saturated carbocycles. The summed E-state index contributed by atoms with van der Waals surface area (Å²) in [6, 6.07) is 14.4. The third-order valence-electron chi connectivity index (χ3n) is 4.21. The Morgan fingerprint density at radius 3 is 2.50 bits per heavy atom. The van der Waals surface area contributed by atoms with Gasteiger partial charge in [-0.05, 0) is 49.2 Å². The number of carbonyl (C=O) groups is 3. The lowest BCUT2D eigenvalue weighted by molar-refractivity contribution is -0.144. The summed E-state index contributed by atoms with van der Waals surface area (Å²) in [5, 5.41) is 5.53. The zero-order valence-corrected chi connectivity index (χ0v) is 15.6. The molecule has 28 heavy (non-hydrogen) atoms. The van der Waals surface area contributed by atoms with E-state index >= 15 is 0 Å². The van der Waals surface area contributed by atoms with Gasteiger partial charge in [-0.3, -0.25) is 9.59 Å². The molecule has 2 aromatic rings. The lowest BCUT2D eigenvalue weighted by Gasteiger charge is -2.10. The fourth-order valence-corrected chi connectivity index (χ4v) is 2.59. The lowest BCUT2D eigenvalue weighted by Crippen LogP contribution is -2.24. The van der Waals surface area contributed by atoms with Crippen molar-refractivity contribution in [3.63, 3.8) is 0 Å². The third kappa shape index (κ3) is 4.56. The molecule has 7 nitrogen and oxygen atoms in total. The van der Waals surface area contributed by atoms with Crippen LogP contribution in [0.25, 0.3) is 0 Å². The predicted octanol–water partition coefficient (Wildman–Crippen LogP) is 2.71. The van der Waals surface area contributed by atoms with E-state index in [4.69, 9.17) is 9.47 Å². The quantitative estimate of drug-likeness (QED) is 0.591. The first-order valence-corrected chi connectivity index (χ1v) is 8.70. The number of amides is 1. The predicted molar refractivity (Wildman–Crippen MR) is 104 cm³/mol. The molecule has 0 aliphatic carbocycles. The van der Waals surface area contributed by atoms with Crippen LogP contribution in [0.4, 0.5) is 11.4 Å². The van der Waals surface area contributed by atoms with E-state index in [2.05, 4.69) is 10.6 Å². The van der Waals surface area contributed by atoms with Gasteiger partial charge in [0, 0.05) is 11.4 Å². The van der Waals surface area contributed by atoms with Crippen LogP contribution >= 0.6 is 0 Å². The summed E-state index contributed by atoms with van der Waals surface area (Å²) >= 11 is 0. The molecule has 1 amide bonds. The Morgan fingerprint density at radius 1 is 1.04 bits per heavy atom. The molecular weight excluding hydrogens is 360 g/mol. The minimum absolute atomic E-state index is 0.0239. The van der Waals surface area contributed by atoms with Crippen molar-refractivity contribution in [2.45, 2.75) is 13.8 Å². The van der Waals surface area contributed by atoms with E-state index in [1.165, 1.54) is 0 Å². The van der Waals surface area contributed by atoms with Crippen molar-refractivity contribution in [1.82, 2.24) is 0 Å². The molecule has 0 bridgehead atoms. The van der Waals surface area contributed by atoms with Crippen LogP contribution in [0.2, 0.25) is 0 Å². The number of aryl methyl sites for hydroxylation is 2. The summed E-state index contributed by atoms with van der Waals surface area (Å²) in [4.78, 5) is 36.4. The molecule has 0 aromatic heterocycles. The second-order valence-electron chi connectivity index (χ2n) is 6.33. The molecule has 2 N–H and O–H groups in total. The van der Waals surface area contributed by atoms with Crippen molar-refractivity contribution < 1.29 is 23.9 Å². The number of anilines is 2. The number of hydrogen-bond acceptors (Lipinski definition) is 6. The van der Waals surface area contributed by atoms with Gasteiger partial charge < -0.3 is 20.1 Å². The summed E-state index contributed by atoms with van der Waals surface area (Å²) in [5.41, 5.74) is 3.17. The number of benzene rings is 2. The Balaban J connectivity index is 1.62. The molecule has 0 saturated heterocycles. The number of hydrogen-bond donors (Lipinski definition) is 2. The maximum absolute atomic E-state index is 12.3. The number of rotatable bonds is 6. The van der Waals surface area contributed by atoms with Crippen LogP contribution in [0.15, 0.2) is 60.0 Å². The van der Waals surface area contributed by atoms with Crippen molar-refractivity contribution in [3.8, 4) is 0 Å². The number of ether oxygens (including phenoxy) is 2. The zero-order chi connectivity index (χ0) is 20.1. The van der Waals surface area contributed by atoms with E-state index in [1.54, 1.807) is 30.3 Å². The molecule has 3 rings (SSSR count). The van der Waals surface area contributed by atoms with Crippen molar-refractivity contribution in [3.05, 3.63) is 71.1 Å². The van der Waals surface area contributed by atoms with Crippen LogP contribution < -0.4 is 10.6 Å². The summed E-state index contributed by atoms with van der Waals surface area (Å²) in [6.45, 7) is 3.14. The smallest absolute Gasteiger partial charge is 0.347 e. The standard InChI is InChI=1S/C21H20N2O5/c1-13-8-9-16(10-14(13)2)22-18(25)12-28-21(26)19-17(24)11-27-20(19)23-15-6-4-3-5-7-15/h3-10,23H,11-12H2,1-2H3,(H,22,25). The van der Waals surface area contributed by atoms with E-state index < -0.39 is 24.3 Å². The number of ketones is 1. The number of carbonyl (C=O) groups excluding carboxylic acids is 3. The Bertz CT molecular complexity index is 951. The van der Waals surface area contributed by atoms with Gasteiger partial charge in [0.25, 0.3) is 5.91 Å². The summed E-state index contributed by atoms with van der Waals surface area (Å²) in [6.07, 6.45) is 0. The molecule has 1 heterocycles. The Hall–Kier alpha value is -3.61. The van der Waals surface area contributed by atoms with E-state index in [-0.39, 0.29) is 18.1 Å². The molecular formula is C21H20N2O5. The van der Waals surface area contributed by atoms with Gasteiger partial charge in [0.15, 0.2) is 18.8 Å². The van der Waals surface area contributed by atoms with Crippen molar-refractivity contribution >= 4 is 29.0 Å². The minimum Gasteiger partial charge on any atom is -0.470 e. The highest BCUT2D eigenvalue weighted by atomic mass is 16.5. The monoisotopic (exact) mass is 380 g/mol. The van der Waals surface area contributed by atoms with Gasteiger partial charge in [0.2, 0.25) is 11.7 Å². The van der Waals surface area contributed by atoms with Gasteiger partial charge in [-0.15, -0.1) is 0 Å². The highest BCUT2D eigenvalue weighted by Crippen LogP contribution is 2.20. The molecule has 0 radical (unpaired) electrons. The molecule has 1 aliphatic rings. The van der Waals surface area contributed by atoms with E-state index in [0.717, 1.165) is 11.1 Å². The van der Waals surface area contributed by atoms with Crippen LogP contribution in [-0.2, 0) is 23.9 Å². The Labute approximate surface area is 162 Å². The lowest BCUT2D eigenvalue weighted by atomic mass is 10.1. The SMILES string of the molecule is Cc1ccc(NC(=O)COC(=O)C2=C(Nc3ccccc3)OCC2=O)cc1C.